The molecule has 1 aliphatic heterocycles. The lowest BCUT2D eigenvalue weighted by molar-refractivity contribution is -0.129. The van der Waals surface area contributed by atoms with Crippen LogP contribution in [0.2, 0.25) is 0 Å². The molecular formula is C21H24N4O2. The van der Waals surface area contributed by atoms with E-state index < -0.39 is 5.54 Å². The van der Waals surface area contributed by atoms with E-state index in [9.17, 15) is 9.59 Å². The number of likely N-dealkylation sites (N-methyl/N-ethyl adjacent to an activating group) is 2. The highest BCUT2D eigenvalue weighted by Crippen LogP contribution is 2.35. The Hall–Kier alpha value is -3.15. The third-order valence-electron chi connectivity index (χ3n) is 5.11. The number of hydrogen-bond acceptors (Lipinski definition) is 3. The number of hydrogen-bond donors (Lipinski definition) is 2. The summed E-state index contributed by atoms with van der Waals surface area (Å²) < 4.78 is 0. The number of benzene rings is 2. The predicted octanol–water partition coefficient (Wildman–Crippen LogP) is 1.95. The maximum Gasteiger partial charge on any atom is 0.264 e. The third kappa shape index (κ3) is 3.30. The van der Waals surface area contributed by atoms with Crippen molar-refractivity contribution in [3.8, 4) is 0 Å². The summed E-state index contributed by atoms with van der Waals surface area (Å²) in [6.07, 6.45) is 0.691. The molecule has 2 aromatic carbocycles. The lowest BCUT2D eigenvalue weighted by atomic mass is 9.82. The molecule has 6 heteroatoms. The molecule has 27 heavy (non-hydrogen) atoms. The Kier molecular flexibility index (Phi) is 4.99. The lowest BCUT2D eigenvalue weighted by Crippen LogP contribution is -2.45. The van der Waals surface area contributed by atoms with Gasteiger partial charge in [-0.1, -0.05) is 54.6 Å². The molecule has 0 spiro atoms. The standard InChI is InChI=1S/C21H24N4O2/c1-15(26)24(2)13-12-16-8-7-11-18(14-16)21(17-9-5-4-6-10-17)19(27)25(3)20(22)23-21/h4-11,14H,12-13H2,1-3H3,(H2,22,23). The van der Waals surface area contributed by atoms with Crippen LogP contribution in [0.3, 0.4) is 0 Å². The van der Waals surface area contributed by atoms with E-state index in [2.05, 4.69) is 5.32 Å². The van der Waals surface area contributed by atoms with Crippen molar-refractivity contribution in [1.82, 2.24) is 15.1 Å². The molecule has 1 aliphatic rings. The zero-order chi connectivity index (χ0) is 19.6. The van der Waals surface area contributed by atoms with Crippen LogP contribution < -0.4 is 5.32 Å². The number of carbonyl (C=O) groups excluding carboxylic acids is 2. The van der Waals surface area contributed by atoms with E-state index in [1.807, 2.05) is 54.6 Å². The number of nitrogens with one attached hydrogen (secondary N) is 2. The van der Waals surface area contributed by atoms with E-state index in [-0.39, 0.29) is 17.8 Å². The largest absolute Gasteiger partial charge is 0.346 e. The molecule has 3 rings (SSSR count). The SMILES string of the molecule is CC(=O)N(C)CCc1cccc(C2(c3ccccc3)NC(=N)N(C)C2=O)c1. The molecule has 0 aliphatic carbocycles. The normalized spacial score (nSPS) is 19.1. The fraction of sp³-hybridized carbons (Fsp3) is 0.286. The second kappa shape index (κ2) is 7.23. The van der Waals surface area contributed by atoms with Crippen molar-refractivity contribution < 1.29 is 9.59 Å². The Balaban J connectivity index is 2.02. The van der Waals surface area contributed by atoms with Gasteiger partial charge in [0.05, 0.1) is 0 Å². The summed E-state index contributed by atoms with van der Waals surface area (Å²) in [5.74, 6) is -0.0862. The maximum absolute atomic E-state index is 13.2. The summed E-state index contributed by atoms with van der Waals surface area (Å²) in [6.45, 7) is 2.15. The van der Waals surface area contributed by atoms with E-state index in [1.165, 1.54) is 4.90 Å². The molecule has 1 saturated heterocycles. The van der Waals surface area contributed by atoms with Crippen LogP contribution in [-0.4, -0.2) is 48.2 Å². The number of amides is 2. The van der Waals surface area contributed by atoms with Gasteiger partial charge in [-0.15, -0.1) is 0 Å². The topological polar surface area (TPSA) is 76.5 Å². The van der Waals surface area contributed by atoms with Crippen molar-refractivity contribution in [3.05, 3.63) is 71.3 Å². The highest BCUT2D eigenvalue weighted by molar-refractivity contribution is 6.10. The van der Waals surface area contributed by atoms with Crippen LogP contribution in [0.25, 0.3) is 0 Å². The van der Waals surface area contributed by atoms with Crippen molar-refractivity contribution in [2.24, 2.45) is 0 Å². The van der Waals surface area contributed by atoms with E-state index in [1.54, 1.807) is 25.9 Å². The summed E-state index contributed by atoms with van der Waals surface area (Å²) >= 11 is 0. The lowest BCUT2D eigenvalue weighted by Gasteiger charge is -2.28. The zero-order valence-electron chi connectivity index (χ0n) is 15.8. The first-order valence-corrected chi connectivity index (χ1v) is 8.88. The van der Waals surface area contributed by atoms with Crippen LogP contribution in [-0.2, 0) is 21.5 Å². The monoisotopic (exact) mass is 364 g/mol. The van der Waals surface area contributed by atoms with E-state index in [0.717, 1.165) is 16.7 Å². The zero-order valence-corrected chi connectivity index (χ0v) is 15.8. The van der Waals surface area contributed by atoms with Gasteiger partial charge in [0.1, 0.15) is 0 Å². The minimum atomic E-state index is -1.12. The highest BCUT2D eigenvalue weighted by atomic mass is 16.2. The Morgan fingerprint density at radius 1 is 1.15 bits per heavy atom. The average Bonchev–Trinajstić information content (AvgIpc) is 2.92. The fourth-order valence-electron chi connectivity index (χ4n) is 3.33. The van der Waals surface area contributed by atoms with Crippen LogP contribution in [0.15, 0.2) is 54.6 Å². The van der Waals surface area contributed by atoms with Gasteiger partial charge in [0.25, 0.3) is 5.91 Å². The molecule has 1 heterocycles. The molecule has 2 amide bonds. The smallest absolute Gasteiger partial charge is 0.264 e. The Bertz CT molecular complexity index is 881. The van der Waals surface area contributed by atoms with E-state index >= 15 is 0 Å². The molecule has 1 unspecified atom stereocenters. The van der Waals surface area contributed by atoms with Gasteiger partial charge in [0, 0.05) is 27.6 Å². The van der Waals surface area contributed by atoms with Gasteiger partial charge in [0.2, 0.25) is 5.91 Å². The molecule has 1 fully saturated rings. The first-order valence-electron chi connectivity index (χ1n) is 8.88. The van der Waals surface area contributed by atoms with Crippen LogP contribution in [0, 0.1) is 5.41 Å². The van der Waals surface area contributed by atoms with Gasteiger partial charge in [-0.05, 0) is 23.1 Å². The van der Waals surface area contributed by atoms with Crippen molar-refractivity contribution in [1.29, 1.82) is 5.41 Å². The minimum absolute atomic E-state index is 0.0228. The van der Waals surface area contributed by atoms with Crippen molar-refractivity contribution in [3.63, 3.8) is 0 Å². The average molecular weight is 364 g/mol. The molecule has 2 N–H and O–H groups in total. The summed E-state index contributed by atoms with van der Waals surface area (Å²) in [6, 6.07) is 17.3. The molecular weight excluding hydrogens is 340 g/mol. The quantitative estimate of drug-likeness (QED) is 0.851. The first-order chi connectivity index (χ1) is 12.9. The molecule has 0 aromatic heterocycles. The molecule has 1 atom stereocenters. The van der Waals surface area contributed by atoms with Crippen LogP contribution in [0.5, 0.6) is 0 Å². The molecule has 0 saturated carbocycles. The summed E-state index contributed by atoms with van der Waals surface area (Å²) in [4.78, 5) is 27.6. The third-order valence-corrected chi connectivity index (χ3v) is 5.11. The summed E-state index contributed by atoms with van der Waals surface area (Å²) in [5.41, 5.74) is 1.50. The van der Waals surface area contributed by atoms with Crippen molar-refractivity contribution >= 4 is 17.8 Å². The van der Waals surface area contributed by atoms with Gasteiger partial charge in [-0.2, -0.15) is 0 Å². The summed E-state index contributed by atoms with van der Waals surface area (Å²) in [7, 11) is 3.38. The molecule has 6 nitrogen and oxygen atoms in total. The molecule has 0 bridgehead atoms. The van der Waals surface area contributed by atoms with Gasteiger partial charge in [-0.3, -0.25) is 19.9 Å². The summed E-state index contributed by atoms with van der Waals surface area (Å²) in [5, 5.41) is 11.2. The Labute approximate surface area is 159 Å². The predicted molar refractivity (Wildman–Crippen MR) is 104 cm³/mol. The number of rotatable bonds is 5. The number of carbonyl (C=O) groups is 2. The Morgan fingerprint density at radius 2 is 1.81 bits per heavy atom. The van der Waals surface area contributed by atoms with Gasteiger partial charge < -0.3 is 10.2 Å². The number of guanidine groups is 1. The second-order valence-corrected chi connectivity index (χ2v) is 6.84. The minimum Gasteiger partial charge on any atom is -0.346 e. The molecule has 140 valence electrons. The van der Waals surface area contributed by atoms with Gasteiger partial charge >= 0.3 is 0 Å². The first kappa shape index (κ1) is 18.6. The molecule has 0 radical (unpaired) electrons. The van der Waals surface area contributed by atoms with E-state index in [4.69, 9.17) is 5.41 Å². The van der Waals surface area contributed by atoms with Crippen LogP contribution in [0.4, 0.5) is 0 Å². The van der Waals surface area contributed by atoms with Gasteiger partial charge in [0.15, 0.2) is 11.5 Å². The second-order valence-electron chi connectivity index (χ2n) is 6.84. The fourth-order valence-corrected chi connectivity index (χ4v) is 3.33. The number of nitrogens with zero attached hydrogens (tertiary/aromatic N) is 2. The van der Waals surface area contributed by atoms with E-state index in [0.29, 0.717) is 13.0 Å². The highest BCUT2D eigenvalue weighted by Gasteiger charge is 2.50. The maximum atomic E-state index is 13.2. The van der Waals surface area contributed by atoms with Crippen LogP contribution >= 0.6 is 0 Å². The van der Waals surface area contributed by atoms with Gasteiger partial charge in [-0.25, -0.2) is 0 Å². The van der Waals surface area contributed by atoms with Crippen molar-refractivity contribution in [2.45, 2.75) is 18.9 Å². The van der Waals surface area contributed by atoms with Crippen molar-refractivity contribution in [2.75, 3.05) is 20.6 Å². The van der Waals surface area contributed by atoms with Crippen LogP contribution in [0.1, 0.15) is 23.6 Å². The molecule has 2 aromatic rings. The Morgan fingerprint density at radius 3 is 2.41 bits per heavy atom.